The molecule has 2 heteroatoms. The smallest absolute Gasteiger partial charge is 0.123 e. The van der Waals surface area contributed by atoms with E-state index in [1.165, 1.54) is 30.9 Å². The molecule has 106 valence electrons. The van der Waals surface area contributed by atoms with E-state index in [1.807, 2.05) is 12.1 Å². The molecule has 1 atom stereocenters. The highest BCUT2D eigenvalue weighted by molar-refractivity contribution is 5.29. The summed E-state index contributed by atoms with van der Waals surface area (Å²) in [4.78, 5) is 0. The summed E-state index contributed by atoms with van der Waals surface area (Å²) in [5, 5.41) is 3.47. The maximum atomic E-state index is 13.4. The van der Waals surface area contributed by atoms with Crippen LogP contribution in [0.3, 0.4) is 0 Å². The Bertz CT molecular complexity index is 387. The number of nitrogens with one attached hydrogen (secondary N) is 1. The topological polar surface area (TPSA) is 12.0 Å². The number of benzene rings is 1. The highest BCUT2D eigenvalue weighted by Crippen LogP contribution is 2.24. The molecule has 0 aliphatic rings. The van der Waals surface area contributed by atoms with E-state index >= 15 is 0 Å². The Morgan fingerprint density at radius 3 is 2.79 bits per heavy atom. The average molecular weight is 263 g/mol. The molecule has 0 aromatic heterocycles. The van der Waals surface area contributed by atoms with Crippen LogP contribution in [0.1, 0.15) is 56.2 Å². The molecule has 0 amide bonds. The van der Waals surface area contributed by atoms with Gasteiger partial charge in [0.1, 0.15) is 5.82 Å². The van der Waals surface area contributed by atoms with Crippen LogP contribution >= 0.6 is 0 Å². The van der Waals surface area contributed by atoms with E-state index in [9.17, 15) is 4.39 Å². The molecule has 1 aromatic rings. The van der Waals surface area contributed by atoms with Crippen molar-refractivity contribution in [2.24, 2.45) is 0 Å². The third-order valence-electron chi connectivity index (χ3n) is 3.47. The summed E-state index contributed by atoms with van der Waals surface area (Å²) < 4.78 is 13.4. The highest BCUT2D eigenvalue weighted by atomic mass is 19.1. The Labute approximate surface area is 116 Å². The minimum atomic E-state index is -0.143. The van der Waals surface area contributed by atoms with Gasteiger partial charge in [-0.1, -0.05) is 31.9 Å². The Morgan fingerprint density at radius 2 is 2.11 bits per heavy atom. The fraction of sp³-hybridized carbons (Fsp3) is 0.529. The van der Waals surface area contributed by atoms with Crippen LogP contribution in [0.15, 0.2) is 30.9 Å². The van der Waals surface area contributed by atoms with E-state index in [4.69, 9.17) is 0 Å². The van der Waals surface area contributed by atoms with Gasteiger partial charge < -0.3 is 5.32 Å². The number of aryl methyl sites for hydroxylation is 1. The van der Waals surface area contributed by atoms with Crippen LogP contribution in [0.2, 0.25) is 0 Å². The van der Waals surface area contributed by atoms with Crippen LogP contribution in [0.25, 0.3) is 0 Å². The number of unbranched alkanes of at least 4 members (excludes halogenated alkanes) is 3. The zero-order valence-electron chi connectivity index (χ0n) is 12.2. The zero-order chi connectivity index (χ0) is 14.1. The van der Waals surface area contributed by atoms with Gasteiger partial charge in [0.2, 0.25) is 0 Å². The minimum Gasteiger partial charge on any atom is -0.310 e. The Kier molecular flexibility index (Phi) is 7.42. The SMILES string of the molecule is C=CCCCCCC(NCC)c1cc(F)ccc1C. The van der Waals surface area contributed by atoms with Crippen LogP contribution in [0, 0.1) is 12.7 Å². The van der Waals surface area contributed by atoms with E-state index in [-0.39, 0.29) is 11.9 Å². The lowest BCUT2D eigenvalue weighted by Gasteiger charge is -2.20. The Balaban J connectivity index is 2.60. The summed E-state index contributed by atoms with van der Waals surface area (Å²) in [6.45, 7) is 8.80. The maximum absolute atomic E-state index is 13.4. The van der Waals surface area contributed by atoms with Gasteiger partial charge >= 0.3 is 0 Å². The molecule has 0 bridgehead atoms. The number of rotatable bonds is 9. The average Bonchev–Trinajstić information content (AvgIpc) is 2.40. The molecular formula is C17H26FN. The highest BCUT2D eigenvalue weighted by Gasteiger charge is 2.13. The van der Waals surface area contributed by atoms with Crippen molar-refractivity contribution in [1.82, 2.24) is 5.32 Å². The van der Waals surface area contributed by atoms with E-state index in [0.717, 1.165) is 24.9 Å². The normalized spacial score (nSPS) is 12.4. The lowest BCUT2D eigenvalue weighted by Crippen LogP contribution is -2.21. The van der Waals surface area contributed by atoms with Gasteiger partial charge in [-0.2, -0.15) is 0 Å². The van der Waals surface area contributed by atoms with E-state index in [0.29, 0.717) is 0 Å². The molecule has 0 heterocycles. The minimum absolute atomic E-state index is 0.143. The van der Waals surface area contributed by atoms with Crippen LogP contribution in [-0.2, 0) is 0 Å². The zero-order valence-corrected chi connectivity index (χ0v) is 12.2. The second kappa shape index (κ2) is 8.87. The van der Waals surface area contributed by atoms with Gasteiger partial charge in [-0.3, -0.25) is 0 Å². The first kappa shape index (κ1) is 15.9. The molecule has 0 radical (unpaired) electrons. The maximum Gasteiger partial charge on any atom is 0.123 e. The molecule has 0 fully saturated rings. The molecule has 0 spiro atoms. The number of hydrogen-bond acceptors (Lipinski definition) is 1. The second-order valence-electron chi connectivity index (χ2n) is 5.04. The van der Waals surface area contributed by atoms with Crippen molar-refractivity contribution >= 4 is 0 Å². The molecule has 0 saturated heterocycles. The van der Waals surface area contributed by atoms with E-state index < -0.39 is 0 Å². The predicted molar refractivity (Wildman–Crippen MR) is 80.8 cm³/mol. The first-order chi connectivity index (χ1) is 9.19. The van der Waals surface area contributed by atoms with Crippen LogP contribution in [-0.4, -0.2) is 6.54 Å². The molecule has 19 heavy (non-hydrogen) atoms. The summed E-state index contributed by atoms with van der Waals surface area (Å²) in [6.07, 6.45) is 7.70. The summed E-state index contributed by atoms with van der Waals surface area (Å²) in [6, 6.07) is 5.34. The van der Waals surface area contributed by atoms with Gasteiger partial charge in [0.25, 0.3) is 0 Å². The van der Waals surface area contributed by atoms with Crippen LogP contribution in [0.5, 0.6) is 0 Å². The third kappa shape index (κ3) is 5.56. The van der Waals surface area contributed by atoms with Crippen LogP contribution < -0.4 is 5.32 Å². The van der Waals surface area contributed by atoms with E-state index in [2.05, 4.69) is 25.7 Å². The summed E-state index contributed by atoms with van der Waals surface area (Å²) in [5.74, 6) is -0.143. The van der Waals surface area contributed by atoms with Crippen molar-refractivity contribution in [1.29, 1.82) is 0 Å². The largest absolute Gasteiger partial charge is 0.310 e. The second-order valence-corrected chi connectivity index (χ2v) is 5.04. The van der Waals surface area contributed by atoms with E-state index in [1.54, 1.807) is 6.07 Å². The molecule has 1 N–H and O–H groups in total. The fourth-order valence-corrected chi connectivity index (χ4v) is 2.41. The van der Waals surface area contributed by atoms with Crippen molar-refractivity contribution in [3.8, 4) is 0 Å². The fourth-order valence-electron chi connectivity index (χ4n) is 2.41. The van der Waals surface area contributed by atoms with Gasteiger partial charge in [0.15, 0.2) is 0 Å². The van der Waals surface area contributed by atoms with Gasteiger partial charge in [-0.15, -0.1) is 6.58 Å². The molecule has 0 aliphatic carbocycles. The van der Waals surface area contributed by atoms with Crippen molar-refractivity contribution in [3.63, 3.8) is 0 Å². The van der Waals surface area contributed by atoms with Crippen molar-refractivity contribution in [2.75, 3.05) is 6.54 Å². The first-order valence-electron chi connectivity index (χ1n) is 7.29. The summed E-state index contributed by atoms with van der Waals surface area (Å²) in [5.41, 5.74) is 2.27. The molecule has 1 nitrogen and oxygen atoms in total. The van der Waals surface area contributed by atoms with Crippen molar-refractivity contribution in [2.45, 2.75) is 52.0 Å². The Morgan fingerprint density at radius 1 is 1.32 bits per heavy atom. The van der Waals surface area contributed by atoms with Gasteiger partial charge in [-0.25, -0.2) is 4.39 Å². The molecule has 1 unspecified atom stereocenters. The summed E-state index contributed by atoms with van der Waals surface area (Å²) in [7, 11) is 0. The number of halogens is 1. The third-order valence-corrected chi connectivity index (χ3v) is 3.47. The Hall–Kier alpha value is -1.15. The van der Waals surface area contributed by atoms with Crippen LogP contribution in [0.4, 0.5) is 4.39 Å². The molecular weight excluding hydrogens is 237 g/mol. The number of hydrogen-bond donors (Lipinski definition) is 1. The molecule has 1 rings (SSSR count). The molecule has 1 aromatic carbocycles. The quantitative estimate of drug-likeness (QED) is 0.492. The number of allylic oxidation sites excluding steroid dienone is 1. The van der Waals surface area contributed by atoms with Crippen molar-refractivity contribution < 1.29 is 4.39 Å². The lowest BCUT2D eigenvalue weighted by atomic mass is 9.96. The van der Waals surface area contributed by atoms with Gasteiger partial charge in [-0.05, 0) is 56.0 Å². The molecule has 0 saturated carbocycles. The lowest BCUT2D eigenvalue weighted by molar-refractivity contribution is 0.479. The molecule has 0 aliphatic heterocycles. The first-order valence-corrected chi connectivity index (χ1v) is 7.29. The summed E-state index contributed by atoms with van der Waals surface area (Å²) >= 11 is 0. The monoisotopic (exact) mass is 263 g/mol. The van der Waals surface area contributed by atoms with Gasteiger partial charge in [0, 0.05) is 6.04 Å². The standard InChI is InChI=1S/C17H26FN/c1-4-6-7-8-9-10-17(19-5-2)16-13-15(18)12-11-14(16)3/h4,11-13,17,19H,1,5-10H2,2-3H3. The van der Waals surface area contributed by atoms with Gasteiger partial charge in [0.05, 0.1) is 0 Å². The predicted octanol–water partition coefficient (Wildman–Crippen LogP) is 4.92. The van der Waals surface area contributed by atoms with Crippen molar-refractivity contribution in [3.05, 3.63) is 47.8 Å².